The lowest BCUT2D eigenvalue weighted by Crippen LogP contribution is -2.41. The van der Waals surface area contributed by atoms with Crippen LogP contribution in [-0.2, 0) is 14.6 Å². The van der Waals surface area contributed by atoms with Crippen molar-refractivity contribution in [2.45, 2.75) is 19.9 Å². The second-order valence-electron chi connectivity index (χ2n) is 5.15. The number of nitrogens with one attached hydrogen (secondary N) is 2. The van der Waals surface area contributed by atoms with E-state index in [1.165, 1.54) is 0 Å². The zero-order valence-electron chi connectivity index (χ0n) is 12.1. The summed E-state index contributed by atoms with van der Waals surface area (Å²) < 4.78 is 22.3. The average molecular weight is 298 g/mol. The van der Waals surface area contributed by atoms with Crippen molar-refractivity contribution >= 4 is 21.4 Å². The number of anilines is 1. The molecule has 5 nitrogen and oxygen atoms in total. The van der Waals surface area contributed by atoms with Crippen molar-refractivity contribution in [1.82, 2.24) is 5.32 Å². The fraction of sp³-hybridized carbons (Fsp3) is 0.500. The van der Waals surface area contributed by atoms with Crippen molar-refractivity contribution in [1.29, 1.82) is 0 Å². The standard InChI is InChI=1S/C14H22N2O3S/c1-11(10-20(3,18)19)14(17)16-12(2)9-15-13-7-5-4-6-8-13/h4-8,11-12,15H,9-10H2,1-3H3,(H,16,17)/t11-,12-/m0/s1. The third-order valence-corrected chi connectivity index (χ3v) is 3.88. The third-order valence-electron chi connectivity index (χ3n) is 2.78. The predicted molar refractivity (Wildman–Crippen MR) is 81.4 cm³/mol. The summed E-state index contributed by atoms with van der Waals surface area (Å²) in [6.45, 7) is 4.08. The van der Waals surface area contributed by atoms with Crippen LogP contribution in [0.25, 0.3) is 0 Å². The van der Waals surface area contributed by atoms with Gasteiger partial charge in [-0.2, -0.15) is 0 Å². The molecule has 0 aliphatic heterocycles. The minimum absolute atomic E-state index is 0.0790. The second kappa shape index (κ2) is 7.28. The number of hydrogen-bond donors (Lipinski definition) is 2. The molecule has 0 aromatic heterocycles. The number of rotatable bonds is 7. The molecule has 1 aromatic carbocycles. The van der Waals surface area contributed by atoms with Crippen molar-refractivity contribution in [2.75, 3.05) is 23.9 Å². The van der Waals surface area contributed by atoms with Crippen LogP contribution in [0.1, 0.15) is 13.8 Å². The molecule has 20 heavy (non-hydrogen) atoms. The molecule has 0 saturated heterocycles. The minimum Gasteiger partial charge on any atom is -0.383 e. The molecule has 0 heterocycles. The molecule has 1 rings (SSSR count). The molecule has 112 valence electrons. The van der Waals surface area contributed by atoms with Gasteiger partial charge in [-0.15, -0.1) is 0 Å². The van der Waals surface area contributed by atoms with E-state index in [0.717, 1.165) is 11.9 Å². The van der Waals surface area contributed by atoms with Gasteiger partial charge < -0.3 is 10.6 Å². The maximum Gasteiger partial charge on any atom is 0.224 e. The van der Waals surface area contributed by atoms with Crippen molar-refractivity contribution < 1.29 is 13.2 Å². The summed E-state index contributed by atoms with van der Waals surface area (Å²) in [5.41, 5.74) is 0.984. The molecule has 0 saturated carbocycles. The predicted octanol–water partition coefficient (Wildman–Crippen LogP) is 1.28. The fourth-order valence-corrected chi connectivity index (χ4v) is 2.85. The summed E-state index contributed by atoms with van der Waals surface area (Å²) in [7, 11) is -3.14. The fourth-order valence-electron chi connectivity index (χ4n) is 1.79. The van der Waals surface area contributed by atoms with Gasteiger partial charge in [0, 0.05) is 30.4 Å². The number of benzene rings is 1. The van der Waals surface area contributed by atoms with Crippen LogP contribution in [-0.4, -0.2) is 38.9 Å². The van der Waals surface area contributed by atoms with E-state index in [1.807, 2.05) is 37.3 Å². The van der Waals surface area contributed by atoms with E-state index in [0.29, 0.717) is 6.54 Å². The lowest BCUT2D eigenvalue weighted by Gasteiger charge is -2.18. The number of para-hydroxylation sites is 1. The Hall–Kier alpha value is -1.56. The zero-order valence-corrected chi connectivity index (χ0v) is 12.9. The van der Waals surface area contributed by atoms with E-state index in [9.17, 15) is 13.2 Å². The summed E-state index contributed by atoms with van der Waals surface area (Å²) >= 11 is 0. The first-order chi connectivity index (χ1) is 9.28. The molecule has 0 spiro atoms. The van der Waals surface area contributed by atoms with Crippen molar-refractivity contribution in [3.63, 3.8) is 0 Å². The third kappa shape index (κ3) is 6.56. The Morgan fingerprint density at radius 3 is 2.35 bits per heavy atom. The van der Waals surface area contributed by atoms with Crippen molar-refractivity contribution in [3.8, 4) is 0 Å². The van der Waals surface area contributed by atoms with Gasteiger partial charge in [-0.3, -0.25) is 4.79 Å². The SMILES string of the molecule is C[C@@H](CNc1ccccc1)NC(=O)[C@@H](C)CS(C)(=O)=O. The molecule has 0 fully saturated rings. The molecule has 0 aliphatic rings. The van der Waals surface area contributed by atoms with Crippen LogP contribution < -0.4 is 10.6 Å². The van der Waals surface area contributed by atoms with Crippen molar-refractivity contribution in [3.05, 3.63) is 30.3 Å². The van der Waals surface area contributed by atoms with E-state index in [2.05, 4.69) is 10.6 Å². The Bertz CT molecular complexity index is 529. The molecule has 0 radical (unpaired) electrons. The maximum atomic E-state index is 11.8. The molecule has 6 heteroatoms. The van der Waals surface area contributed by atoms with Gasteiger partial charge in [-0.05, 0) is 19.1 Å². The Morgan fingerprint density at radius 2 is 1.80 bits per heavy atom. The first-order valence-electron chi connectivity index (χ1n) is 6.55. The second-order valence-corrected chi connectivity index (χ2v) is 7.33. The summed E-state index contributed by atoms with van der Waals surface area (Å²) in [6, 6.07) is 9.61. The largest absolute Gasteiger partial charge is 0.383 e. The summed E-state index contributed by atoms with van der Waals surface area (Å²) in [6.07, 6.45) is 1.14. The molecule has 2 N–H and O–H groups in total. The average Bonchev–Trinajstić information content (AvgIpc) is 2.35. The first-order valence-corrected chi connectivity index (χ1v) is 8.61. The summed E-state index contributed by atoms with van der Waals surface area (Å²) in [5, 5.41) is 6.01. The van der Waals surface area contributed by atoms with Gasteiger partial charge in [0.15, 0.2) is 0 Å². The molecule has 0 aliphatic carbocycles. The molecule has 1 aromatic rings. The minimum atomic E-state index is -3.14. The maximum absolute atomic E-state index is 11.8. The lowest BCUT2D eigenvalue weighted by molar-refractivity contribution is -0.124. The Kier molecular flexibility index (Phi) is 6.01. The highest BCUT2D eigenvalue weighted by molar-refractivity contribution is 7.90. The monoisotopic (exact) mass is 298 g/mol. The van der Waals surface area contributed by atoms with Crippen molar-refractivity contribution in [2.24, 2.45) is 5.92 Å². The van der Waals surface area contributed by atoms with E-state index >= 15 is 0 Å². The van der Waals surface area contributed by atoms with Gasteiger partial charge in [0.25, 0.3) is 0 Å². The van der Waals surface area contributed by atoms with Crippen LogP contribution in [0.15, 0.2) is 30.3 Å². The highest BCUT2D eigenvalue weighted by Crippen LogP contribution is 2.05. The lowest BCUT2D eigenvalue weighted by atomic mass is 10.2. The number of amides is 1. The molecule has 0 unspecified atom stereocenters. The topological polar surface area (TPSA) is 75.3 Å². The van der Waals surface area contributed by atoms with Gasteiger partial charge in [0.1, 0.15) is 9.84 Å². The molecule has 2 atom stereocenters. The number of carbonyl (C=O) groups excluding carboxylic acids is 1. The van der Waals surface area contributed by atoms with Gasteiger partial charge in [0.05, 0.1) is 5.75 Å². The van der Waals surface area contributed by atoms with Crippen LogP contribution in [0.5, 0.6) is 0 Å². The van der Waals surface area contributed by atoms with Crippen LogP contribution >= 0.6 is 0 Å². The molecule has 1 amide bonds. The van der Waals surface area contributed by atoms with Crippen LogP contribution in [0.3, 0.4) is 0 Å². The van der Waals surface area contributed by atoms with Gasteiger partial charge in [0.2, 0.25) is 5.91 Å². The van der Waals surface area contributed by atoms with Crippen LogP contribution in [0.2, 0.25) is 0 Å². The van der Waals surface area contributed by atoms with E-state index in [4.69, 9.17) is 0 Å². The molecular weight excluding hydrogens is 276 g/mol. The quantitative estimate of drug-likeness (QED) is 0.795. The Morgan fingerprint density at radius 1 is 1.20 bits per heavy atom. The summed E-state index contributed by atoms with van der Waals surface area (Å²) in [5.74, 6) is -0.903. The highest BCUT2D eigenvalue weighted by Gasteiger charge is 2.19. The Labute approximate surface area is 120 Å². The Balaban J connectivity index is 2.38. The van der Waals surface area contributed by atoms with E-state index < -0.39 is 15.8 Å². The number of sulfone groups is 1. The van der Waals surface area contributed by atoms with Gasteiger partial charge >= 0.3 is 0 Å². The van der Waals surface area contributed by atoms with E-state index in [1.54, 1.807) is 6.92 Å². The molecular formula is C14H22N2O3S. The molecule has 0 bridgehead atoms. The van der Waals surface area contributed by atoms with E-state index in [-0.39, 0.29) is 17.7 Å². The van der Waals surface area contributed by atoms with Gasteiger partial charge in [-0.25, -0.2) is 8.42 Å². The first kappa shape index (κ1) is 16.5. The smallest absolute Gasteiger partial charge is 0.224 e. The normalized spacial score (nSPS) is 14.3. The van der Waals surface area contributed by atoms with Crippen LogP contribution in [0.4, 0.5) is 5.69 Å². The van der Waals surface area contributed by atoms with Gasteiger partial charge in [-0.1, -0.05) is 25.1 Å². The number of hydrogen-bond acceptors (Lipinski definition) is 4. The number of carbonyl (C=O) groups is 1. The zero-order chi connectivity index (χ0) is 15.2. The highest BCUT2D eigenvalue weighted by atomic mass is 32.2. The summed E-state index contributed by atoms with van der Waals surface area (Å²) in [4.78, 5) is 11.8. The van der Waals surface area contributed by atoms with Crippen LogP contribution in [0, 0.1) is 5.92 Å².